The highest BCUT2D eigenvalue weighted by atomic mass is 16.5. The second-order valence-electron chi connectivity index (χ2n) is 3.91. The third kappa shape index (κ3) is 4.59. The molecule has 0 aromatic heterocycles. The molecule has 0 heterocycles. The maximum atomic E-state index is 10.3. The van der Waals surface area contributed by atoms with Crippen molar-refractivity contribution in [2.45, 2.75) is 44.4 Å². The Morgan fingerprint density at radius 2 is 2.27 bits per heavy atom. The van der Waals surface area contributed by atoms with E-state index in [1.165, 1.54) is 0 Å². The van der Waals surface area contributed by atoms with E-state index in [4.69, 9.17) is 9.84 Å². The highest BCUT2D eigenvalue weighted by Gasteiger charge is 2.29. The van der Waals surface area contributed by atoms with E-state index in [1.54, 1.807) is 0 Å². The monoisotopic (exact) mass is 217 g/mol. The molecule has 5 nitrogen and oxygen atoms in total. The molecule has 1 unspecified atom stereocenters. The lowest BCUT2D eigenvalue weighted by molar-refractivity contribution is -0.139. The summed E-state index contributed by atoms with van der Waals surface area (Å²) >= 11 is 0. The van der Waals surface area contributed by atoms with Crippen molar-refractivity contribution in [3.63, 3.8) is 0 Å². The number of ether oxygens (including phenoxy) is 1. The SMILES string of the molecule is CCOC1CC(NCC(O)CC(=O)O)C1. The zero-order valence-corrected chi connectivity index (χ0v) is 8.98. The lowest BCUT2D eigenvalue weighted by Crippen LogP contribution is -2.47. The van der Waals surface area contributed by atoms with E-state index < -0.39 is 12.1 Å². The molecule has 5 heteroatoms. The molecule has 3 N–H and O–H groups in total. The largest absolute Gasteiger partial charge is 0.481 e. The molecule has 0 amide bonds. The van der Waals surface area contributed by atoms with Crippen molar-refractivity contribution in [3.8, 4) is 0 Å². The average molecular weight is 217 g/mol. The van der Waals surface area contributed by atoms with Gasteiger partial charge in [0.2, 0.25) is 0 Å². The molecule has 1 aliphatic rings. The van der Waals surface area contributed by atoms with Gasteiger partial charge in [-0.2, -0.15) is 0 Å². The van der Waals surface area contributed by atoms with Crippen molar-refractivity contribution in [2.24, 2.45) is 0 Å². The van der Waals surface area contributed by atoms with Gasteiger partial charge in [-0.15, -0.1) is 0 Å². The molecule has 1 fully saturated rings. The normalized spacial score (nSPS) is 27.1. The lowest BCUT2D eigenvalue weighted by Gasteiger charge is -2.36. The number of rotatable bonds is 7. The molecule has 0 aliphatic heterocycles. The van der Waals surface area contributed by atoms with Crippen molar-refractivity contribution >= 4 is 5.97 Å². The third-order valence-electron chi connectivity index (χ3n) is 2.55. The molecule has 1 atom stereocenters. The van der Waals surface area contributed by atoms with Gasteiger partial charge < -0.3 is 20.3 Å². The summed E-state index contributed by atoms with van der Waals surface area (Å²) in [7, 11) is 0. The molecule has 1 rings (SSSR count). The van der Waals surface area contributed by atoms with E-state index >= 15 is 0 Å². The van der Waals surface area contributed by atoms with Gasteiger partial charge in [-0.25, -0.2) is 0 Å². The molecule has 0 spiro atoms. The number of aliphatic hydroxyl groups excluding tert-OH is 1. The maximum Gasteiger partial charge on any atom is 0.306 e. The first-order chi connectivity index (χ1) is 7.11. The summed E-state index contributed by atoms with van der Waals surface area (Å²) in [5, 5.41) is 20.8. The first kappa shape index (κ1) is 12.4. The molecule has 0 radical (unpaired) electrons. The van der Waals surface area contributed by atoms with Gasteiger partial charge in [0.15, 0.2) is 0 Å². The second-order valence-corrected chi connectivity index (χ2v) is 3.91. The van der Waals surface area contributed by atoms with Crippen LogP contribution in [0, 0.1) is 0 Å². The molecule has 1 aliphatic carbocycles. The van der Waals surface area contributed by atoms with Crippen LogP contribution in [0.15, 0.2) is 0 Å². The zero-order chi connectivity index (χ0) is 11.3. The van der Waals surface area contributed by atoms with Crippen LogP contribution in [0.25, 0.3) is 0 Å². The fourth-order valence-electron chi connectivity index (χ4n) is 1.68. The Kier molecular flexibility index (Phi) is 5.01. The summed E-state index contributed by atoms with van der Waals surface area (Å²) in [5.74, 6) is -0.967. The Hall–Kier alpha value is -0.650. The van der Waals surface area contributed by atoms with E-state index in [0.717, 1.165) is 19.4 Å². The van der Waals surface area contributed by atoms with Crippen LogP contribution >= 0.6 is 0 Å². The van der Waals surface area contributed by atoms with Gasteiger partial charge in [0.05, 0.1) is 18.6 Å². The number of carbonyl (C=O) groups is 1. The molecule has 0 aromatic carbocycles. The molecule has 15 heavy (non-hydrogen) atoms. The number of aliphatic hydroxyl groups is 1. The van der Waals surface area contributed by atoms with E-state index in [0.29, 0.717) is 18.7 Å². The van der Waals surface area contributed by atoms with Crippen LogP contribution in [-0.2, 0) is 9.53 Å². The Morgan fingerprint density at radius 3 is 2.80 bits per heavy atom. The van der Waals surface area contributed by atoms with Gasteiger partial charge in [0, 0.05) is 19.2 Å². The quantitative estimate of drug-likeness (QED) is 0.558. The molecular weight excluding hydrogens is 198 g/mol. The Morgan fingerprint density at radius 1 is 1.60 bits per heavy atom. The molecule has 0 saturated heterocycles. The van der Waals surface area contributed by atoms with Crippen LogP contribution in [0.5, 0.6) is 0 Å². The minimum absolute atomic E-state index is 0.200. The topological polar surface area (TPSA) is 78.8 Å². The van der Waals surface area contributed by atoms with Gasteiger partial charge in [0.25, 0.3) is 0 Å². The van der Waals surface area contributed by atoms with Crippen LogP contribution in [0.2, 0.25) is 0 Å². The highest BCUT2D eigenvalue weighted by Crippen LogP contribution is 2.22. The van der Waals surface area contributed by atoms with Crippen molar-refractivity contribution < 1.29 is 19.7 Å². The number of hydrogen-bond acceptors (Lipinski definition) is 4. The number of carboxylic acids is 1. The second kappa shape index (κ2) is 6.05. The lowest BCUT2D eigenvalue weighted by atomic mass is 9.89. The smallest absolute Gasteiger partial charge is 0.306 e. The summed E-state index contributed by atoms with van der Waals surface area (Å²) in [6.07, 6.45) is 1.24. The Labute approximate surface area is 89.4 Å². The summed E-state index contributed by atoms with van der Waals surface area (Å²) in [5.41, 5.74) is 0. The first-order valence-corrected chi connectivity index (χ1v) is 5.36. The molecule has 1 saturated carbocycles. The van der Waals surface area contributed by atoms with Gasteiger partial charge in [-0.1, -0.05) is 0 Å². The molecule has 0 aromatic rings. The maximum absolute atomic E-state index is 10.3. The summed E-state index contributed by atoms with van der Waals surface area (Å²) in [4.78, 5) is 10.3. The predicted octanol–water partition coefficient (Wildman–Crippen LogP) is -0.0209. The number of carboxylic acid groups (broad SMARTS) is 1. The Balaban J connectivity index is 2.00. The summed E-state index contributed by atoms with van der Waals surface area (Å²) < 4.78 is 5.38. The minimum Gasteiger partial charge on any atom is -0.481 e. The molecule has 0 bridgehead atoms. The van der Waals surface area contributed by atoms with Gasteiger partial charge in [0.1, 0.15) is 0 Å². The van der Waals surface area contributed by atoms with Crippen LogP contribution < -0.4 is 5.32 Å². The van der Waals surface area contributed by atoms with Crippen molar-refractivity contribution in [1.29, 1.82) is 0 Å². The van der Waals surface area contributed by atoms with Crippen molar-refractivity contribution in [3.05, 3.63) is 0 Å². The highest BCUT2D eigenvalue weighted by molar-refractivity contribution is 5.67. The zero-order valence-electron chi connectivity index (χ0n) is 8.98. The van der Waals surface area contributed by atoms with E-state index in [1.807, 2.05) is 6.92 Å². The van der Waals surface area contributed by atoms with Crippen LogP contribution in [0.3, 0.4) is 0 Å². The molecule has 88 valence electrons. The van der Waals surface area contributed by atoms with E-state index in [2.05, 4.69) is 5.32 Å². The van der Waals surface area contributed by atoms with E-state index in [9.17, 15) is 9.90 Å². The summed E-state index contributed by atoms with van der Waals surface area (Å²) in [6.45, 7) is 3.05. The van der Waals surface area contributed by atoms with Crippen molar-refractivity contribution in [2.75, 3.05) is 13.2 Å². The fourth-order valence-corrected chi connectivity index (χ4v) is 1.68. The average Bonchev–Trinajstić information content (AvgIpc) is 2.07. The number of nitrogens with one attached hydrogen (secondary N) is 1. The standard InChI is InChI=1S/C10H19NO4/c1-2-15-9-3-7(4-9)11-6-8(12)5-10(13)14/h7-9,11-12H,2-6H2,1H3,(H,13,14). The van der Waals surface area contributed by atoms with E-state index in [-0.39, 0.29) is 6.42 Å². The van der Waals surface area contributed by atoms with Gasteiger partial charge >= 0.3 is 5.97 Å². The van der Waals surface area contributed by atoms with Crippen LogP contribution in [0.4, 0.5) is 0 Å². The summed E-state index contributed by atoms with van der Waals surface area (Å²) in [6, 6.07) is 0.366. The predicted molar refractivity (Wildman–Crippen MR) is 54.7 cm³/mol. The third-order valence-corrected chi connectivity index (χ3v) is 2.55. The molecular formula is C10H19NO4. The minimum atomic E-state index is -0.967. The van der Waals surface area contributed by atoms with Crippen LogP contribution in [0.1, 0.15) is 26.2 Å². The van der Waals surface area contributed by atoms with Gasteiger partial charge in [-0.05, 0) is 19.8 Å². The number of hydrogen-bond donors (Lipinski definition) is 3. The van der Waals surface area contributed by atoms with Gasteiger partial charge in [-0.3, -0.25) is 4.79 Å². The Bertz CT molecular complexity index is 204. The fraction of sp³-hybridized carbons (Fsp3) is 0.900. The van der Waals surface area contributed by atoms with Crippen molar-refractivity contribution in [1.82, 2.24) is 5.32 Å². The van der Waals surface area contributed by atoms with Crippen LogP contribution in [-0.4, -0.2) is 47.6 Å². The number of aliphatic carboxylic acids is 1. The first-order valence-electron chi connectivity index (χ1n) is 5.36.